The van der Waals surface area contributed by atoms with Crippen molar-refractivity contribution in [1.29, 1.82) is 0 Å². The van der Waals surface area contributed by atoms with Crippen LogP contribution in [0, 0.1) is 0 Å². The third-order valence-corrected chi connectivity index (χ3v) is 2.08. The summed E-state index contributed by atoms with van der Waals surface area (Å²) in [5.41, 5.74) is 5.55. The highest BCUT2D eigenvalue weighted by atomic mass is 16.6. The summed E-state index contributed by atoms with van der Waals surface area (Å²) in [6, 6.07) is 8.42. The number of rotatable bonds is 4. The fourth-order valence-electron chi connectivity index (χ4n) is 1.41. The van der Waals surface area contributed by atoms with Gasteiger partial charge in [0.1, 0.15) is 0 Å². The van der Waals surface area contributed by atoms with Crippen molar-refractivity contribution in [2.75, 3.05) is 7.11 Å². The van der Waals surface area contributed by atoms with Crippen molar-refractivity contribution in [1.82, 2.24) is 5.48 Å². The molecule has 13 heavy (non-hydrogen) atoms. The highest BCUT2D eigenvalue weighted by molar-refractivity contribution is 5.29. The largest absolute Gasteiger partial charge is 0.305 e. The van der Waals surface area contributed by atoms with Crippen LogP contribution in [0.3, 0.4) is 0 Å². The molecule has 0 aliphatic rings. The first-order chi connectivity index (χ1) is 6.25. The average Bonchev–Trinajstić information content (AvgIpc) is 2.15. The monoisotopic (exact) mass is 179 g/mol. The van der Waals surface area contributed by atoms with Crippen LogP contribution in [0.5, 0.6) is 0 Å². The average molecular weight is 179 g/mol. The minimum Gasteiger partial charge on any atom is -0.305 e. The van der Waals surface area contributed by atoms with Gasteiger partial charge in [-0.15, -0.1) is 0 Å². The molecule has 1 aromatic carbocycles. The number of benzene rings is 1. The molecule has 0 saturated heterocycles. The molecule has 0 aromatic heterocycles. The summed E-state index contributed by atoms with van der Waals surface area (Å²) in [6.07, 6.45) is 0. The van der Waals surface area contributed by atoms with E-state index >= 15 is 0 Å². The van der Waals surface area contributed by atoms with Crippen molar-refractivity contribution >= 4 is 0 Å². The van der Waals surface area contributed by atoms with Crippen LogP contribution in [0.25, 0.3) is 0 Å². The number of hydrogen-bond donors (Lipinski definition) is 1. The molecule has 0 heterocycles. The Bertz CT molecular complexity index is 258. The Labute approximate surface area is 79.9 Å². The number of nitrogens with one attached hydrogen (secondary N) is 1. The van der Waals surface area contributed by atoms with Gasteiger partial charge in [0.15, 0.2) is 0 Å². The SMILES string of the molecule is CONCc1ccccc1C(C)C. The van der Waals surface area contributed by atoms with E-state index in [9.17, 15) is 0 Å². The second kappa shape index (κ2) is 5.00. The summed E-state index contributed by atoms with van der Waals surface area (Å²) in [7, 11) is 1.64. The molecule has 1 aromatic rings. The van der Waals surface area contributed by atoms with Gasteiger partial charge in [-0.3, -0.25) is 0 Å². The summed E-state index contributed by atoms with van der Waals surface area (Å²) in [5, 5.41) is 0. The molecule has 72 valence electrons. The van der Waals surface area contributed by atoms with Crippen molar-refractivity contribution in [3.63, 3.8) is 0 Å². The Morgan fingerprint density at radius 1 is 1.31 bits per heavy atom. The molecule has 2 heteroatoms. The second-order valence-corrected chi connectivity index (χ2v) is 3.38. The van der Waals surface area contributed by atoms with Gasteiger partial charge >= 0.3 is 0 Å². The molecular formula is C11H17NO. The molecule has 0 atom stereocenters. The Balaban J connectivity index is 2.78. The number of hydroxylamine groups is 1. The van der Waals surface area contributed by atoms with Crippen molar-refractivity contribution in [3.8, 4) is 0 Å². The molecule has 0 spiro atoms. The quantitative estimate of drug-likeness (QED) is 0.717. The summed E-state index contributed by atoms with van der Waals surface area (Å²) >= 11 is 0. The predicted molar refractivity (Wildman–Crippen MR) is 54.4 cm³/mol. The fraction of sp³-hybridized carbons (Fsp3) is 0.455. The Morgan fingerprint density at radius 3 is 2.62 bits per heavy atom. The highest BCUT2D eigenvalue weighted by Crippen LogP contribution is 2.18. The van der Waals surface area contributed by atoms with Crippen LogP contribution >= 0.6 is 0 Å². The van der Waals surface area contributed by atoms with E-state index in [2.05, 4.69) is 43.6 Å². The lowest BCUT2D eigenvalue weighted by molar-refractivity contribution is 0.0865. The fourth-order valence-corrected chi connectivity index (χ4v) is 1.41. The van der Waals surface area contributed by atoms with Gasteiger partial charge in [0.2, 0.25) is 0 Å². The second-order valence-electron chi connectivity index (χ2n) is 3.38. The van der Waals surface area contributed by atoms with Crippen LogP contribution in [0.15, 0.2) is 24.3 Å². The maximum Gasteiger partial charge on any atom is 0.0572 e. The van der Waals surface area contributed by atoms with E-state index in [4.69, 9.17) is 4.84 Å². The highest BCUT2D eigenvalue weighted by Gasteiger charge is 2.04. The van der Waals surface area contributed by atoms with Crippen LogP contribution in [-0.4, -0.2) is 7.11 Å². The molecule has 0 amide bonds. The molecule has 2 nitrogen and oxygen atoms in total. The smallest absolute Gasteiger partial charge is 0.0572 e. The van der Waals surface area contributed by atoms with Crippen molar-refractivity contribution in [2.45, 2.75) is 26.3 Å². The van der Waals surface area contributed by atoms with E-state index in [1.54, 1.807) is 7.11 Å². The van der Waals surface area contributed by atoms with Gasteiger partial charge in [-0.25, -0.2) is 0 Å². The van der Waals surface area contributed by atoms with Crippen molar-refractivity contribution in [3.05, 3.63) is 35.4 Å². The van der Waals surface area contributed by atoms with Gasteiger partial charge in [0.05, 0.1) is 7.11 Å². The Hall–Kier alpha value is -0.860. The lowest BCUT2D eigenvalue weighted by atomic mass is 9.97. The van der Waals surface area contributed by atoms with Crippen LogP contribution in [0.1, 0.15) is 30.9 Å². The third kappa shape index (κ3) is 2.83. The molecule has 0 aliphatic carbocycles. The molecule has 0 aliphatic heterocycles. The van der Waals surface area contributed by atoms with Crippen molar-refractivity contribution < 1.29 is 4.84 Å². The molecule has 1 N–H and O–H groups in total. The minimum absolute atomic E-state index is 0.565. The number of hydrogen-bond acceptors (Lipinski definition) is 2. The van der Waals surface area contributed by atoms with Crippen molar-refractivity contribution in [2.24, 2.45) is 0 Å². The first-order valence-corrected chi connectivity index (χ1v) is 4.59. The Kier molecular flexibility index (Phi) is 3.93. The van der Waals surface area contributed by atoms with Crippen LogP contribution in [0.4, 0.5) is 0 Å². The first-order valence-electron chi connectivity index (χ1n) is 4.59. The van der Waals surface area contributed by atoms with E-state index in [1.165, 1.54) is 11.1 Å². The normalized spacial score (nSPS) is 10.8. The maximum atomic E-state index is 4.83. The van der Waals surface area contributed by atoms with Gasteiger partial charge in [0, 0.05) is 6.54 Å². The predicted octanol–water partition coefficient (Wildman–Crippen LogP) is 2.46. The lowest BCUT2D eigenvalue weighted by Crippen LogP contribution is -2.12. The molecule has 0 saturated carbocycles. The van der Waals surface area contributed by atoms with Crippen LogP contribution in [-0.2, 0) is 11.4 Å². The van der Waals surface area contributed by atoms with E-state index in [0.717, 1.165) is 6.54 Å². The van der Waals surface area contributed by atoms with Gasteiger partial charge in [-0.2, -0.15) is 5.48 Å². The van der Waals surface area contributed by atoms with Gasteiger partial charge in [-0.05, 0) is 17.0 Å². The van der Waals surface area contributed by atoms with E-state index < -0.39 is 0 Å². The zero-order chi connectivity index (χ0) is 9.68. The van der Waals surface area contributed by atoms with Gasteiger partial charge in [-0.1, -0.05) is 38.1 Å². The molecule has 0 bridgehead atoms. The van der Waals surface area contributed by atoms with Gasteiger partial charge in [0.25, 0.3) is 0 Å². The third-order valence-electron chi connectivity index (χ3n) is 2.08. The molecular weight excluding hydrogens is 162 g/mol. The maximum absolute atomic E-state index is 4.83. The first kappa shape index (κ1) is 10.2. The summed E-state index contributed by atoms with van der Waals surface area (Å²) < 4.78 is 0. The summed E-state index contributed by atoms with van der Waals surface area (Å²) in [4.78, 5) is 4.83. The minimum atomic E-state index is 0.565. The van der Waals surface area contributed by atoms with Gasteiger partial charge < -0.3 is 4.84 Å². The lowest BCUT2D eigenvalue weighted by Gasteiger charge is -2.12. The Morgan fingerprint density at radius 2 is 2.00 bits per heavy atom. The molecule has 1 rings (SSSR count). The van der Waals surface area contributed by atoms with E-state index in [-0.39, 0.29) is 0 Å². The van der Waals surface area contributed by atoms with Crippen LogP contribution in [0.2, 0.25) is 0 Å². The standard InChI is InChI=1S/C11H17NO/c1-9(2)11-7-5-4-6-10(11)8-12-13-3/h4-7,9,12H,8H2,1-3H3. The summed E-state index contributed by atoms with van der Waals surface area (Å²) in [5.74, 6) is 0.565. The van der Waals surface area contributed by atoms with E-state index in [0.29, 0.717) is 5.92 Å². The summed E-state index contributed by atoms with van der Waals surface area (Å²) in [6.45, 7) is 5.17. The molecule has 0 fully saturated rings. The van der Waals surface area contributed by atoms with Crippen LogP contribution < -0.4 is 5.48 Å². The zero-order valence-electron chi connectivity index (χ0n) is 8.50. The molecule has 0 radical (unpaired) electrons. The molecule has 0 unspecified atom stereocenters. The topological polar surface area (TPSA) is 21.3 Å². The zero-order valence-corrected chi connectivity index (χ0v) is 8.50. The van der Waals surface area contributed by atoms with E-state index in [1.807, 2.05) is 0 Å².